The molecule has 4 rings (SSSR count). The van der Waals surface area contributed by atoms with E-state index < -0.39 is 33.9 Å². The van der Waals surface area contributed by atoms with Gasteiger partial charge < -0.3 is 14.5 Å². The monoisotopic (exact) mass is 394 g/mol. The third kappa shape index (κ3) is 2.42. The predicted molar refractivity (Wildman–Crippen MR) is 90.7 cm³/mol. The minimum atomic E-state index is -0.944. The van der Waals surface area contributed by atoms with Gasteiger partial charge in [0, 0.05) is 28.5 Å². The zero-order valence-electron chi connectivity index (χ0n) is 13.1. The lowest BCUT2D eigenvalue weighted by Crippen LogP contribution is -2.44. The van der Waals surface area contributed by atoms with Gasteiger partial charge >= 0.3 is 16.8 Å². The fraction of sp³-hybridized carbons (Fsp3) is 0.267. The van der Waals surface area contributed by atoms with Gasteiger partial charge in [-0.15, -0.1) is 0 Å². The topological polar surface area (TPSA) is 129 Å². The Bertz CT molecular complexity index is 1010. The second kappa shape index (κ2) is 5.95. The van der Waals surface area contributed by atoms with E-state index in [1.165, 1.54) is 25.3 Å². The van der Waals surface area contributed by atoms with Crippen LogP contribution in [0, 0.1) is 16.0 Å². The second-order valence-electron chi connectivity index (χ2n) is 5.67. The molecular weight excluding hydrogens is 384 g/mol. The number of thioether (sulfide) groups is 1. The first-order valence-electron chi connectivity index (χ1n) is 7.38. The summed E-state index contributed by atoms with van der Waals surface area (Å²) < 4.78 is 10.1. The number of H-pyrrole nitrogens is 1. The lowest BCUT2D eigenvalue weighted by molar-refractivity contribution is -0.385. The Kier molecular flexibility index (Phi) is 3.84. The molecule has 0 radical (unpaired) electrons. The average molecular weight is 394 g/mol. The molecule has 9 nitrogen and oxygen atoms in total. The summed E-state index contributed by atoms with van der Waals surface area (Å²) in [7, 11) is 1.21. The first kappa shape index (κ1) is 16.8. The fourth-order valence-electron chi connectivity index (χ4n) is 3.22. The number of nitro groups is 1. The Morgan fingerprint density at radius 1 is 1.38 bits per heavy atom. The normalized spacial score (nSPS) is 23.3. The number of carbonyl (C=O) groups is 2. The van der Waals surface area contributed by atoms with Gasteiger partial charge in [0.05, 0.1) is 23.0 Å². The van der Waals surface area contributed by atoms with Crippen LogP contribution in [0.25, 0.3) is 0 Å². The zero-order chi connectivity index (χ0) is 18.6. The van der Waals surface area contributed by atoms with Crippen LogP contribution in [-0.4, -0.2) is 34.2 Å². The standard InChI is InChI=1S/C15H10N2O7S2/c1-23-14(19)11-9-8(10-12(25-11)16-15(20)26-10)6-4-5(17(21)22)2-3-7(6)24-13(9)18/h2-4,8-9,11H,1H3,(H,16,20)/t8-,9+,11-/m0/s1. The number of thiazole rings is 1. The summed E-state index contributed by atoms with van der Waals surface area (Å²) in [4.78, 5) is 50.1. The van der Waals surface area contributed by atoms with Crippen molar-refractivity contribution in [2.45, 2.75) is 16.2 Å². The number of fused-ring (bicyclic) bond motifs is 5. The highest BCUT2D eigenvalue weighted by Crippen LogP contribution is 2.54. The van der Waals surface area contributed by atoms with Gasteiger partial charge in [0.2, 0.25) is 0 Å². The molecule has 1 aromatic heterocycles. The Morgan fingerprint density at radius 2 is 2.15 bits per heavy atom. The van der Waals surface area contributed by atoms with Crippen molar-refractivity contribution in [2.24, 2.45) is 5.92 Å². The van der Waals surface area contributed by atoms with E-state index >= 15 is 0 Å². The zero-order valence-corrected chi connectivity index (χ0v) is 14.7. The van der Waals surface area contributed by atoms with Crippen molar-refractivity contribution in [1.82, 2.24) is 4.98 Å². The number of nitrogens with zero attached hydrogens (tertiary/aromatic N) is 1. The van der Waals surface area contributed by atoms with Gasteiger partial charge in [-0.25, -0.2) is 0 Å². The van der Waals surface area contributed by atoms with Crippen LogP contribution in [0.3, 0.4) is 0 Å². The van der Waals surface area contributed by atoms with Crippen LogP contribution in [0.2, 0.25) is 0 Å². The van der Waals surface area contributed by atoms with Crippen molar-refractivity contribution in [2.75, 3.05) is 7.11 Å². The van der Waals surface area contributed by atoms with Gasteiger partial charge in [-0.3, -0.25) is 24.5 Å². The van der Waals surface area contributed by atoms with Crippen LogP contribution < -0.4 is 9.61 Å². The molecular formula is C15H10N2O7S2. The predicted octanol–water partition coefficient (Wildman–Crippen LogP) is 1.66. The summed E-state index contributed by atoms with van der Waals surface area (Å²) in [6, 6.07) is 3.91. The lowest BCUT2D eigenvalue weighted by Gasteiger charge is -2.37. The molecule has 0 fully saturated rings. The number of methoxy groups -OCH3 is 1. The van der Waals surface area contributed by atoms with Gasteiger partial charge in [-0.05, 0) is 6.07 Å². The molecule has 11 heteroatoms. The van der Waals surface area contributed by atoms with Crippen LogP contribution in [0.5, 0.6) is 5.75 Å². The molecule has 0 bridgehead atoms. The maximum atomic E-state index is 12.6. The molecule has 1 aromatic carbocycles. The Hall–Kier alpha value is -2.66. The van der Waals surface area contributed by atoms with E-state index in [0.717, 1.165) is 23.1 Å². The number of non-ortho nitro benzene ring substituents is 1. The highest BCUT2D eigenvalue weighted by Gasteiger charge is 2.52. The van der Waals surface area contributed by atoms with Crippen LogP contribution in [0.15, 0.2) is 28.0 Å². The quantitative estimate of drug-likeness (QED) is 0.352. The first-order valence-corrected chi connectivity index (χ1v) is 9.08. The number of aromatic nitrogens is 1. The Balaban J connectivity index is 1.96. The van der Waals surface area contributed by atoms with Gasteiger partial charge in [-0.2, -0.15) is 0 Å². The summed E-state index contributed by atoms with van der Waals surface area (Å²) in [5.74, 6) is -2.72. The molecule has 0 spiro atoms. The third-order valence-electron chi connectivity index (χ3n) is 4.31. The van der Waals surface area contributed by atoms with Gasteiger partial charge in [0.25, 0.3) is 5.69 Å². The summed E-state index contributed by atoms with van der Waals surface area (Å²) in [6.07, 6.45) is 0. The molecule has 0 saturated carbocycles. The van der Waals surface area contributed by atoms with E-state index in [2.05, 4.69) is 4.98 Å². The number of hydrogen-bond donors (Lipinski definition) is 1. The maximum absolute atomic E-state index is 12.6. The van der Waals surface area contributed by atoms with Crippen molar-refractivity contribution in [3.8, 4) is 5.75 Å². The maximum Gasteiger partial charge on any atom is 0.320 e. The second-order valence-corrected chi connectivity index (χ2v) is 7.84. The number of carbonyl (C=O) groups excluding carboxylic acids is 2. The van der Waals surface area contributed by atoms with E-state index in [4.69, 9.17) is 9.47 Å². The average Bonchev–Trinajstić information content (AvgIpc) is 2.99. The lowest BCUT2D eigenvalue weighted by atomic mass is 9.80. The number of nitrogens with one attached hydrogen (secondary N) is 1. The summed E-state index contributed by atoms with van der Waals surface area (Å²) in [5, 5.41) is 10.7. The number of aromatic amines is 1. The van der Waals surface area contributed by atoms with Crippen molar-refractivity contribution in [3.05, 3.63) is 48.4 Å². The molecule has 1 N–H and O–H groups in total. The summed E-state index contributed by atoms with van der Waals surface area (Å²) in [6.45, 7) is 0. The van der Waals surface area contributed by atoms with Crippen molar-refractivity contribution in [3.63, 3.8) is 0 Å². The molecule has 2 aliphatic rings. The molecule has 3 atom stereocenters. The summed E-state index contributed by atoms with van der Waals surface area (Å²) in [5.41, 5.74) is 0.229. The highest BCUT2D eigenvalue weighted by molar-refractivity contribution is 8.00. The molecule has 3 heterocycles. The van der Waals surface area contributed by atoms with Crippen molar-refractivity contribution < 1.29 is 24.0 Å². The SMILES string of the molecule is COC(=O)[C@H]1Sc2[nH]c(=O)sc2[C@H]2c3cc([N+](=O)[O-])ccc3OC(=O)[C@H]21. The Morgan fingerprint density at radius 3 is 2.85 bits per heavy atom. The molecule has 0 saturated heterocycles. The van der Waals surface area contributed by atoms with E-state index in [9.17, 15) is 24.5 Å². The van der Waals surface area contributed by atoms with Crippen molar-refractivity contribution >= 4 is 40.7 Å². The minimum absolute atomic E-state index is 0.169. The van der Waals surface area contributed by atoms with Gasteiger partial charge in [0.15, 0.2) is 0 Å². The van der Waals surface area contributed by atoms with Gasteiger partial charge in [0.1, 0.15) is 11.0 Å². The van der Waals surface area contributed by atoms with Crippen molar-refractivity contribution in [1.29, 1.82) is 0 Å². The van der Waals surface area contributed by atoms with Crippen LogP contribution >= 0.6 is 23.1 Å². The fourth-order valence-corrected chi connectivity index (χ4v) is 5.71. The highest BCUT2D eigenvalue weighted by atomic mass is 32.2. The molecule has 2 aliphatic heterocycles. The number of esters is 2. The molecule has 134 valence electrons. The molecule has 26 heavy (non-hydrogen) atoms. The van der Waals surface area contributed by atoms with Gasteiger partial charge in [-0.1, -0.05) is 23.1 Å². The van der Waals surface area contributed by atoms with E-state index in [1.807, 2.05) is 0 Å². The summed E-state index contributed by atoms with van der Waals surface area (Å²) >= 11 is 1.95. The largest absolute Gasteiger partial charge is 0.468 e. The number of ether oxygens (including phenoxy) is 2. The first-order chi connectivity index (χ1) is 12.4. The smallest absolute Gasteiger partial charge is 0.320 e. The molecule has 0 aliphatic carbocycles. The van der Waals surface area contributed by atoms with E-state index in [1.54, 1.807) is 0 Å². The van der Waals surface area contributed by atoms with E-state index in [-0.39, 0.29) is 16.3 Å². The number of benzene rings is 1. The molecule has 0 amide bonds. The van der Waals surface area contributed by atoms with Crippen LogP contribution in [0.4, 0.5) is 5.69 Å². The van der Waals surface area contributed by atoms with Crippen LogP contribution in [0.1, 0.15) is 16.4 Å². The number of nitro benzene ring substituents is 1. The molecule has 0 unspecified atom stereocenters. The third-order valence-corrected chi connectivity index (χ3v) is 6.70. The molecule has 2 aromatic rings. The Labute approximate surface area is 153 Å². The van der Waals surface area contributed by atoms with Crippen LogP contribution in [-0.2, 0) is 14.3 Å². The number of hydrogen-bond acceptors (Lipinski definition) is 9. The number of rotatable bonds is 2. The van der Waals surface area contributed by atoms with E-state index in [0.29, 0.717) is 15.5 Å². The minimum Gasteiger partial charge on any atom is -0.468 e.